The minimum atomic E-state index is -0.0934. The zero-order valence-corrected chi connectivity index (χ0v) is 12.7. The number of thiophene rings is 1. The number of nitrogens with two attached hydrogens (primary N) is 1. The molecule has 0 fully saturated rings. The summed E-state index contributed by atoms with van der Waals surface area (Å²) in [5.41, 5.74) is 5.96. The predicted molar refractivity (Wildman–Crippen MR) is 82.9 cm³/mol. The maximum absolute atomic E-state index is 12.2. The third kappa shape index (κ3) is 3.67. The topological polar surface area (TPSA) is 68.0 Å². The van der Waals surface area contributed by atoms with E-state index in [4.69, 9.17) is 5.73 Å². The molecule has 20 heavy (non-hydrogen) atoms. The van der Waals surface area contributed by atoms with Gasteiger partial charge in [-0.3, -0.25) is 4.79 Å². The number of rotatable bonds is 4. The molecular formula is C14H15N3OS2. The largest absolute Gasteiger partial charge is 0.343 e. The lowest BCUT2D eigenvalue weighted by Crippen LogP contribution is -2.27. The van der Waals surface area contributed by atoms with Crippen molar-refractivity contribution in [2.45, 2.75) is 19.4 Å². The van der Waals surface area contributed by atoms with Crippen molar-refractivity contribution in [3.63, 3.8) is 0 Å². The maximum atomic E-state index is 12.2. The quantitative estimate of drug-likeness (QED) is 0.852. The molecule has 0 saturated carbocycles. The van der Waals surface area contributed by atoms with Gasteiger partial charge in [0.1, 0.15) is 5.01 Å². The van der Waals surface area contributed by atoms with Crippen molar-refractivity contribution in [1.29, 1.82) is 0 Å². The fourth-order valence-electron chi connectivity index (χ4n) is 1.65. The van der Waals surface area contributed by atoms with E-state index in [-0.39, 0.29) is 11.9 Å². The van der Waals surface area contributed by atoms with E-state index in [1.807, 2.05) is 17.7 Å². The number of amides is 1. The van der Waals surface area contributed by atoms with Gasteiger partial charge in [0.15, 0.2) is 0 Å². The molecule has 0 radical (unpaired) electrons. The molecule has 2 aromatic heterocycles. The first kappa shape index (κ1) is 14.7. The molecule has 104 valence electrons. The molecule has 2 heterocycles. The van der Waals surface area contributed by atoms with Crippen molar-refractivity contribution in [2.75, 3.05) is 6.54 Å². The van der Waals surface area contributed by atoms with E-state index in [1.165, 1.54) is 11.3 Å². The van der Waals surface area contributed by atoms with Gasteiger partial charge in [0.25, 0.3) is 5.91 Å². The SMILES string of the molecule is CCC(NC(=O)c1csc(C#CCN)c1)c1nccs1. The van der Waals surface area contributed by atoms with Crippen LogP contribution in [0.4, 0.5) is 0 Å². The zero-order chi connectivity index (χ0) is 14.4. The molecule has 3 N–H and O–H groups in total. The molecule has 0 aliphatic heterocycles. The number of nitrogens with zero attached hydrogens (tertiary/aromatic N) is 1. The van der Waals surface area contributed by atoms with Crippen molar-refractivity contribution >= 4 is 28.6 Å². The van der Waals surface area contributed by atoms with E-state index in [1.54, 1.807) is 23.6 Å². The molecule has 1 amide bonds. The molecule has 0 aromatic carbocycles. The van der Waals surface area contributed by atoms with Gasteiger partial charge in [-0.15, -0.1) is 22.7 Å². The van der Waals surface area contributed by atoms with Gasteiger partial charge in [-0.25, -0.2) is 4.98 Å². The Balaban J connectivity index is 2.05. The molecule has 2 aromatic rings. The lowest BCUT2D eigenvalue weighted by molar-refractivity contribution is 0.0936. The number of aromatic nitrogens is 1. The van der Waals surface area contributed by atoms with Crippen molar-refractivity contribution < 1.29 is 4.79 Å². The second-order valence-corrected chi connectivity index (χ2v) is 5.85. The highest BCUT2D eigenvalue weighted by Gasteiger charge is 2.16. The third-order valence-electron chi connectivity index (χ3n) is 2.64. The van der Waals surface area contributed by atoms with E-state index < -0.39 is 0 Å². The molecule has 1 unspecified atom stereocenters. The Morgan fingerprint density at radius 3 is 3.05 bits per heavy atom. The third-order valence-corrected chi connectivity index (χ3v) is 4.37. The van der Waals surface area contributed by atoms with Gasteiger partial charge in [0.05, 0.1) is 23.0 Å². The van der Waals surface area contributed by atoms with Gasteiger partial charge in [-0.05, 0) is 12.5 Å². The smallest absolute Gasteiger partial charge is 0.252 e. The summed E-state index contributed by atoms with van der Waals surface area (Å²) < 4.78 is 0. The Labute approximate surface area is 126 Å². The summed E-state index contributed by atoms with van der Waals surface area (Å²) in [6.45, 7) is 2.35. The molecule has 0 spiro atoms. The van der Waals surface area contributed by atoms with Gasteiger partial charge in [-0.1, -0.05) is 18.8 Å². The lowest BCUT2D eigenvalue weighted by atomic mass is 10.2. The maximum Gasteiger partial charge on any atom is 0.252 e. The Bertz CT molecular complexity index is 622. The van der Waals surface area contributed by atoms with Crippen LogP contribution in [0.5, 0.6) is 0 Å². The van der Waals surface area contributed by atoms with Crippen molar-refractivity contribution in [1.82, 2.24) is 10.3 Å². The molecule has 2 rings (SSSR count). The normalized spacial score (nSPS) is 11.5. The van der Waals surface area contributed by atoms with Crippen molar-refractivity contribution in [3.05, 3.63) is 38.5 Å². The highest BCUT2D eigenvalue weighted by Crippen LogP contribution is 2.20. The summed E-state index contributed by atoms with van der Waals surface area (Å²) in [5.74, 6) is 5.61. The average Bonchev–Trinajstić information content (AvgIpc) is 3.13. The minimum absolute atomic E-state index is 0.0408. The first-order chi connectivity index (χ1) is 9.74. The van der Waals surface area contributed by atoms with Crippen LogP contribution in [0.2, 0.25) is 0 Å². The minimum Gasteiger partial charge on any atom is -0.343 e. The van der Waals surface area contributed by atoms with Crippen LogP contribution in [0.15, 0.2) is 23.0 Å². The Kier molecular flexibility index (Phi) is 5.30. The number of thiazole rings is 1. The van der Waals surface area contributed by atoms with Gasteiger partial charge in [-0.2, -0.15) is 0 Å². The average molecular weight is 305 g/mol. The van der Waals surface area contributed by atoms with Crippen molar-refractivity contribution in [2.24, 2.45) is 5.73 Å². The first-order valence-electron chi connectivity index (χ1n) is 6.22. The van der Waals surface area contributed by atoms with Crippen LogP contribution >= 0.6 is 22.7 Å². The van der Waals surface area contributed by atoms with E-state index in [9.17, 15) is 4.79 Å². The van der Waals surface area contributed by atoms with Gasteiger partial charge in [0, 0.05) is 17.0 Å². The van der Waals surface area contributed by atoms with Crippen LogP contribution in [0.25, 0.3) is 0 Å². The van der Waals surface area contributed by atoms with E-state index in [2.05, 4.69) is 22.1 Å². The second kappa shape index (κ2) is 7.20. The molecular weight excluding hydrogens is 290 g/mol. The predicted octanol–water partition coefficient (Wildman–Crippen LogP) is 2.40. The fourth-order valence-corrected chi connectivity index (χ4v) is 3.17. The molecule has 0 aliphatic rings. The lowest BCUT2D eigenvalue weighted by Gasteiger charge is -2.13. The summed E-state index contributed by atoms with van der Waals surface area (Å²) in [4.78, 5) is 17.3. The summed E-state index contributed by atoms with van der Waals surface area (Å²) in [7, 11) is 0. The van der Waals surface area contributed by atoms with Crippen LogP contribution in [-0.2, 0) is 0 Å². The Morgan fingerprint density at radius 1 is 1.55 bits per heavy atom. The summed E-state index contributed by atoms with van der Waals surface area (Å²) >= 11 is 3.00. The second-order valence-electron chi connectivity index (χ2n) is 4.01. The van der Waals surface area contributed by atoms with Crippen LogP contribution in [0.3, 0.4) is 0 Å². The fraction of sp³-hybridized carbons (Fsp3) is 0.286. The molecule has 6 heteroatoms. The standard InChI is InChI=1S/C14H15N3OS2/c1-2-12(14-16-6-7-19-14)17-13(18)10-8-11(20-9-10)4-3-5-15/h6-9,12H,2,5,15H2,1H3,(H,17,18). The van der Waals surface area contributed by atoms with Gasteiger partial charge >= 0.3 is 0 Å². The highest BCUT2D eigenvalue weighted by atomic mass is 32.1. The highest BCUT2D eigenvalue weighted by molar-refractivity contribution is 7.10. The molecule has 1 atom stereocenters. The monoisotopic (exact) mass is 305 g/mol. The molecule has 0 saturated heterocycles. The van der Waals surface area contributed by atoms with Crippen LogP contribution < -0.4 is 11.1 Å². The summed E-state index contributed by atoms with van der Waals surface area (Å²) in [5, 5.41) is 7.65. The summed E-state index contributed by atoms with van der Waals surface area (Å²) in [6, 6.07) is 1.75. The van der Waals surface area contributed by atoms with Crippen molar-refractivity contribution in [3.8, 4) is 11.8 Å². The van der Waals surface area contributed by atoms with Crippen LogP contribution in [-0.4, -0.2) is 17.4 Å². The number of carbonyl (C=O) groups is 1. The molecule has 0 bridgehead atoms. The number of nitrogens with one attached hydrogen (secondary N) is 1. The number of hydrogen-bond donors (Lipinski definition) is 2. The number of carbonyl (C=O) groups excluding carboxylic acids is 1. The van der Waals surface area contributed by atoms with E-state index >= 15 is 0 Å². The van der Waals surface area contributed by atoms with E-state index in [0.29, 0.717) is 12.1 Å². The Morgan fingerprint density at radius 2 is 2.40 bits per heavy atom. The first-order valence-corrected chi connectivity index (χ1v) is 7.98. The van der Waals surface area contributed by atoms with Gasteiger partial charge < -0.3 is 11.1 Å². The number of hydrogen-bond acceptors (Lipinski definition) is 5. The summed E-state index contributed by atoms with van der Waals surface area (Å²) in [6.07, 6.45) is 2.56. The zero-order valence-electron chi connectivity index (χ0n) is 11.1. The molecule has 0 aliphatic carbocycles. The molecule has 4 nitrogen and oxygen atoms in total. The van der Waals surface area contributed by atoms with Crippen LogP contribution in [0.1, 0.15) is 39.6 Å². The van der Waals surface area contributed by atoms with E-state index in [0.717, 1.165) is 16.3 Å². The van der Waals surface area contributed by atoms with Crippen LogP contribution in [0, 0.1) is 11.8 Å². The van der Waals surface area contributed by atoms with Gasteiger partial charge in [0.2, 0.25) is 0 Å². The Hall–Kier alpha value is -1.68.